The Morgan fingerprint density at radius 1 is 0.941 bits per heavy atom. The second kappa shape index (κ2) is 17.2. The molecule has 0 saturated carbocycles. The first kappa shape index (κ1) is 29.7. The van der Waals surface area contributed by atoms with Gasteiger partial charge in [0.05, 0.1) is 11.5 Å². The fraction of sp³-hybridized carbons (Fsp3) is 0.667. The van der Waals surface area contributed by atoms with Crippen molar-refractivity contribution in [2.24, 2.45) is 0 Å². The molecule has 190 valence electrons. The number of hydrogen-bond acceptors (Lipinski definition) is 6. The zero-order valence-corrected chi connectivity index (χ0v) is 22.1. The molecule has 0 aliphatic heterocycles. The van der Waals surface area contributed by atoms with Gasteiger partial charge in [0.15, 0.2) is 5.60 Å². The monoisotopic (exact) mass is 491 g/mol. The Labute approximate surface area is 209 Å². The summed E-state index contributed by atoms with van der Waals surface area (Å²) >= 11 is 1.47. The maximum Gasteiger partial charge on any atom is 0.303 e. The largest absolute Gasteiger partial charge is 0.466 e. The van der Waals surface area contributed by atoms with Crippen LogP contribution in [0.2, 0.25) is 0 Å². The molecule has 1 amide bonds. The first-order valence-electron chi connectivity index (χ1n) is 12.5. The average molecular weight is 492 g/mol. The predicted octanol–water partition coefficient (Wildman–Crippen LogP) is 5.87. The number of hydrogen-bond donors (Lipinski definition) is 1. The van der Waals surface area contributed by atoms with E-state index in [2.05, 4.69) is 24.1 Å². The van der Waals surface area contributed by atoms with Crippen LogP contribution in [-0.2, 0) is 29.5 Å². The highest BCUT2D eigenvalue weighted by Crippen LogP contribution is 2.38. The van der Waals surface area contributed by atoms with E-state index >= 15 is 0 Å². The zero-order valence-electron chi connectivity index (χ0n) is 21.3. The molecule has 6 nitrogen and oxygen atoms in total. The Balaban J connectivity index is 2.77. The molecule has 1 aromatic rings. The lowest BCUT2D eigenvalue weighted by Crippen LogP contribution is -2.37. The molecule has 0 spiro atoms. The molecule has 1 rings (SSSR count). The maximum atomic E-state index is 12.0. The van der Waals surface area contributed by atoms with Crippen molar-refractivity contribution in [3.05, 3.63) is 21.9 Å². The molecular weight excluding hydrogens is 450 g/mol. The van der Waals surface area contributed by atoms with Gasteiger partial charge in [0.1, 0.15) is 0 Å². The van der Waals surface area contributed by atoms with Crippen molar-refractivity contribution in [2.75, 3.05) is 13.2 Å². The van der Waals surface area contributed by atoms with Crippen molar-refractivity contribution >= 4 is 29.2 Å². The van der Waals surface area contributed by atoms with E-state index in [0.717, 1.165) is 22.6 Å². The highest BCUT2D eigenvalue weighted by Gasteiger charge is 2.37. The standard InChI is InChI=1S/C27H41NO5S/c1-5-6-7-8-9-10-11-12-13-14-15-25-16-17-26(34-25)27(33-24(4)31,18-20-28-22(2)29)19-21-32-23(3)30/h16-17H,5-13,18-21H2,1-4H3,(H,28,29). The highest BCUT2D eigenvalue weighted by molar-refractivity contribution is 7.12. The molecule has 0 aromatic carbocycles. The van der Waals surface area contributed by atoms with Crippen molar-refractivity contribution in [3.63, 3.8) is 0 Å². The second-order valence-electron chi connectivity index (χ2n) is 8.60. The van der Waals surface area contributed by atoms with Gasteiger partial charge in [0.25, 0.3) is 0 Å². The summed E-state index contributed by atoms with van der Waals surface area (Å²) in [5.41, 5.74) is -0.994. The van der Waals surface area contributed by atoms with Crippen LogP contribution in [0.5, 0.6) is 0 Å². The van der Waals surface area contributed by atoms with Crippen LogP contribution in [0.15, 0.2) is 12.1 Å². The first-order chi connectivity index (χ1) is 16.3. The number of nitrogens with one attached hydrogen (secondary N) is 1. The molecule has 1 atom stereocenters. The molecule has 0 bridgehead atoms. The Bertz CT molecular complexity index is 800. The minimum Gasteiger partial charge on any atom is -0.466 e. The minimum absolute atomic E-state index is 0.111. The van der Waals surface area contributed by atoms with E-state index in [1.807, 2.05) is 12.1 Å². The van der Waals surface area contributed by atoms with Gasteiger partial charge in [-0.1, -0.05) is 63.7 Å². The number of thiophene rings is 1. The number of carbonyl (C=O) groups excluding carboxylic acids is 3. The Kier molecular flexibility index (Phi) is 15.0. The van der Waals surface area contributed by atoms with Crippen LogP contribution in [0.25, 0.3) is 0 Å². The van der Waals surface area contributed by atoms with Crippen molar-refractivity contribution in [2.45, 2.75) is 104 Å². The van der Waals surface area contributed by atoms with Gasteiger partial charge < -0.3 is 14.8 Å². The van der Waals surface area contributed by atoms with Crippen LogP contribution in [0.3, 0.4) is 0 Å². The van der Waals surface area contributed by atoms with Crippen LogP contribution >= 0.6 is 11.3 Å². The molecule has 0 saturated heterocycles. The van der Waals surface area contributed by atoms with Crippen molar-refractivity contribution < 1.29 is 23.9 Å². The van der Waals surface area contributed by atoms with Crippen LogP contribution in [0.1, 0.15) is 108 Å². The van der Waals surface area contributed by atoms with Gasteiger partial charge in [-0.15, -0.1) is 11.3 Å². The van der Waals surface area contributed by atoms with E-state index in [9.17, 15) is 14.4 Å². The smallest absolute Gasteiger partial charge is 0.303 e. The summed E-state index contributed by atoms with van der Waals surface area (Å²) in [7, 11) is 0. The molecule has 34 heavy (non-hydrogen) atoms. The Morgan fingerprint density at radius 3 is 2.24 bits per heavy atom. The van der Waals surface area contributed by atoms with Crippen LogP contribution in [-0.4, -0.2) is 31.0 Å². The van der Waals surface area contributed by atoms with Gasteiger partial charge in [-0.25, -0.2) is 0 Å². The van der Waals surface area contributed by atoms with Gasteiger partial charge in [-0.05, 0) is 18.6 Å². The van der Waals surface area contributed by atoms with Gasteiger partial charge in [-0.2, -0.15) is 0 Å². The van der Waals surface area contributed by atoms with Crippen LogP contribution < -0.4 is 5.32 Å². The summed E-state index contributed by atoms with van der Waals surface area (Å²) < 4.78 is 10.9. The predicted molar refractivity (Wildman–Crippen MR) is 136 cm³/mol. The van der Waals surface area contributed by atoms with Gasteiger partial charge in [-0.3, -0.25) is 14.4 Å². The lowest BCUT2D eigenvalue weighted by molar-refractivity contribution is -0.162. The first-order valence-corrected chi connectivity index (χ1v) is 13.3. The maximum absolute atomic E-state index is 12.0. The highest BCUT2D eigenvalue weighted by atomic mass is 32.1. The molecule has 1 N–H and O–H groups in total. The number of unbranched alkanes of at least 4 members (excludes halogenated alkanes) is 8. The van der Waals surface area contributed by atoms with E-state index in [-0.39, 0.29) is 12.5 Å². The van der Waals surface area contributed by atoms with Crippen LogP contribution in [0.4, 0.5) is 0 Å². The van der Waals surface area contributed by atoms with Crippen molar-refractivity contribution in [1.82, 2.24) is 5.32 Å². The third-order valence-corrected chi connectivity index (χ3v) is 6.66. The summed E-state index contributed by atoms with van der Waals surface area (Å²) in [6.45, 7) is 6.82. The number of esters is 2. The fourth-order valence-corrected chi connectivity index (χ4v) is 4.81. The number of ether oxygens (including phenoxy) is 2. The van der Waals surface area contributed by atoms with E-state index in [1.54, 1.807) is 0 Å². The summed E-state index contributed by atoms with van der Waals surface area (Å²) in [6.07, 6.45) is 11.7. The van der Waals surface area contributed by atoms with E-state index in [1.165, 1.54) is 77.1 Å². The molecule has 0 aliphatic carbocycles. The molecule has 1 aromatic heterocycles. The van der Waals surface area contributed by atoms with Gasteiger partial charge in [0, 0.05) is 51.5 Å². The fourth-order valence-electron chi connectivity index (χ4n) is 3.75. The molecule has 0 radical (unpaired) electrons. The van der Waals surface area contributed by atoms with Gasteiger partial charge in [0.2, 0.25) is 5.91 Å². The molecule has 0 aliphatic rings. The molecule has 7 heteroatoms. The topological polar surface area (TPSA) is 81.7 Å². The molecule has 0 fully saturated rings. The summed E-state index contributed by atoms with van der Waals surface area (Å²) in [6, 6.07) is 3.85. The molecular formula is C27H41NO5S. The van der Waals surface area contributed by atoms with Crippen molar-refractivity contribution in [1.29, 1.82) is 0 Å². The Hall–Kier alpha value is -2.33. The molecule has 1 unspecified atom stereocenters. The normalized spacial score (nSPS) is 12.2. The van der Waals surface area contributed by atoms with E-state index in [4.69, 9.17) is 9.47 Å². The van der Waals surface area contributed by atoms with Gasteiger partial charge >= 0.3 is 11.9 Å². The Morgan fingerprint density at radius 2 is 1.62 bits per heavy atom. The van der Waals surface area contributed by atoms with Crippen LogP contribution in [0, 0.1) is 11.8 Å². The summed E-state index contributed by atoms with van der Waals surface area (Å²) in [5.74, 6) is 5.51. The average Bonchev–Trinajstić information content (AvgIpc) is 3.23. The quantitative estimate of drug-likeness (QED) is 0.178. The minimum atomic E-state index is -0.994. The third kappa shape index (κ3) is 12.8. The van der Waals surface area contributed by atoms with E-state index in [0.29, 0.717) is 19.4 Å². The number of amides is 1. The number of carbonyl (C=O) groups is 3. The SMILES string of the molecule is CCCCCCCCCCC#Cc1ccc(C(CCNC(C)=O)(CCOC(C)=O)OC(C)=O)s1. The molecule has 1 heterocycles. The lowest BCUT2D eigenvalue weighted by Gasteiger charge is -2.32. The van der Waals surface area contributed by atoms with Crippen molar-refractivity contribution in [3.8, 4) is 11.8 Å². The van der Waals surface area contributed by atoms with E-state index < -0.39 is 17.5 Å². The lowest BCUT2D eigenvalue weighted by atomic mass is 9.93. The summed E-state index contributed by atoms with van der Waals surface area (Å²) in [5, 5.41) is 2.76. The summed E-state index contributed by atoms with van der Waals surface area (Å²) in [4.78, 5) is 36.3. The zero-order chi connectivity index (χ0) is 25.2. The third-order valence-electron chi connectivity index (χ3n) is 5.48. The second-order valence-corrected chi connectivity index (χ2v) is 9.69. The number of rotatable bonds is 16.